The van der Waals surface area contributed by atoms with Crippen LogP contribution in [0.2, 0.25) is 5.02 Å². The van der Waals surface area contributed by atoms with E-state index in [1.165, 1.54) is 5.56 Å². The molecule has 1 nitrogen and oxygen atoms in total. The van der Waals surface area contributed by atoms with E-state index < -0.39 is 0 Å². The smallest absolute Gasteiger partial charge is 0.115 e. The quantitative estimate of drug-likeness (QED) is 0.633. The van der Waals surface area contributed by atoms with E-state index in [4.69, 9.17) is 16.7 Å². The van der Waals surface area contributed by atoms with Gasteiger partial charge in [0.2, 0.25) is 0 Å². The number of rotatable bonds is 1. The van der Waals surface area contributed by atoms with E-state index in [0.717, 1.165) is 10.6 Å². The van der Waals surface area contributed by atoms with Gasteiger partial charge in [0.1, 0.15) is 5.75 Å². The van der Waals surface area contributed by atoms with Crippen LogP contribution in [0.4, 0.5) is 0 Å². The topological polar surface area (TPSA) is 20.2 Å². The van der Waals surface area contributed by atoms with Crippen molar-refractivity contribution in [2.45, 2.75) is 0 Å². The maximum atomic E-state index is 8.63. The first-order valence-corrected chi connectivity index (χ1v) is 6.68. The molecule has 0 fully saturated rings. The van der Waals surface area contributed by atoms with Gasteiger partial charge >= 0.3 is 0 Å². The average molecular weight is 283 g/mol. The van der Waals surface area contributed by atoms with Gasteiger partial charge in [0.15, 0.2) is 0 Å². The first-order valence-electron chi connectivity index (χ1n) is 6.31. The summed E-state index contributed by atoms with van der Waals surface area (Å²) in [4.78, 5) is 0. The van der Waals surface area contributed by atoms with E-state index in [9.17, 15) is 0 Å². The fraction of sp³-hybridized carbons (Fsp3) is 0. The highest BCUT2D eigenvalue weighted by molar-refractivity contribution is 6.30. The summed E-state index contributed by atoms with van der Waals surface area (Å²) in [6.45, 7) is 0. The van der Waals surface area contributed by atoms with Crippen LogP contribution in [0.5, 0.6) is 5.75 Å². The van der Waals surface area contributed by atoms with Gasteiger partial charge in [0.25, 0.3) is 0 Å². The Morgan fingerprint density at radius 1 is 0.600 bits per heavy atom. The van der Waals surface area contributed by atoms with Crippen molar-refractivity contribution in [2.24, 2.45) is 0 Å². The van der Waals surface area contributed by atoms with E-state index in [1.54, 1.807) is 24.3 Å². The van der Waals surface area contributed by atoms with Gasteiger partial charge in [-0.05, 0) is 35.4 Å². The zero-order valence-corrected chi connectivity index (χ0v) is 11.7. The number of halogens is 1. The maximum absolute atomic E-state index is 8.63. The highest BCUT2D eigenvalue weighted by Gasteiger charge is 1.95. The molecule has 0 saturated heterocycles. The second-order valence-electron chi connectivity index (χ2n) is 4.21. The lowest BCUT2D eigenvalue weighted by Gasteiger charge is -2.00. The van der Waals surface area contributed by atoms with E-state index in [-0.39, 0.29) is 0 Å². The van der Waals surface area contributed by atoms with Gasteiger partial charge < -0.3 is 5.11 Å². The Balaban J connectivity index is 0.000000178. The van der Waals surface area contributed by atoms with Crippen LogP contribution in [0.25, 0.3) is 11.1 Å². The molecule has 2 heteroatoms. The van der Waals surface area contributed by atoms with E-state index >= 15 is 0 Å². The summed E-state index contributed by atoms with van der Waals surface area (Å²) in [5.74, 6) is 0.322. The molecule has 0 bridgehead atoms. The third-order valence-corrected chi connectivity index (χ3v) is 2.92. The molecule has 0 heterocycles. The lowest BCUT2D eigenvalue weighted by atomic mass is 10.1. The number of hydrogen-bond donors (Lipinski definition) is 1. The number of hydrogen-bond acceptors (Lipinski definition) is 1. The van der Waals surface area contributed by atoms with Crippen molar-refractivity contribution in [3.63, 3.8) is 0 Å². The van der Waals surface area contributed by atoms with Crippen LogP contribution in [-0.2, 0) is 0 Å². The number of phenols is 1. The molecule has 0 aliphatic heterocycles. The zero-order valence-electron chi connectivity index (χ0n) is 10.9. The lowest BCUT2D eigenvalue weighted by molar-refractivity contribution is 0.475. The average Bonchev–Trinajstić information content (AvgIpc) is 2.50. The predicted octanol–water partition coefficient (Wildman–Crippen LogP) is 5.40. The third-order valence-electron chi connectivity index (χ3n) is 2.69. The molecule has 0 amide bonds. The number of phenolic OH excluding ortho intramolecular Hbond substituents is 1. The standard InChI is InChI=1S/C12H9Cl.C6H6O/c13-12-8-4-7-11(9-12)10-5-2-1-3-6-10;7-6-4-2-1-3-5-6/h1-9H;1-5,7H. The predicted molar refractivity (Wildman–Crippen MR) is 85.0 cm³/mol. The molecule has 0 unspecified atom stereocenters. The van der Waals surface area contributed by atoms with Crippen LogP contribution in [0.3, 0.4) is 0 Å². The lowest BCUT2D eigenvalue weighted by Crippen LogP contribution is -1.75. The number of benzene rings is 3. The Morgan fingerprint density at radius 2 is 1.15 bits per heavy atom. The van der Waals surface area contributed by atoms with Gasteiger partial charge in [-0.1, -0.05) is 72.3 Å². The van der Waals surface area contributed by atoms with Gasteiger partial charge in [0.05, 0.1) is 0 Å². The minimum absolute atomic E-state index is 0.322. The molecule has 1 N–H and O–H groups in total. The van der Waals surface area contributed by atoms with E-state index in [1.807, 2.05) is 42.5 Å². The van der Waals surface area contributed by atoms with Gasteiger partial charge in [-0.3, -0.25) is 0 Å². The summed E-state index contributed by atoms with van der Waals surface area (Å²) in [6.07, 6.45) is 0. The maximum Gasteiger partial charge on any atom is 0.115 e. The molecule has 0 aromatic heterocycles. The van der Waals surface area contributed by atoms with Crippen LogP contribution in [0, 0.1) is 0 Å². The first kappa shape index (κ1) is 14.2. The number of aromatic hydroxyl groups is 1. The van der Waals surface area contributed by atoms with Gasteiger partial charge in [-0.2, -0.15) is 0 Å². The van der Waals surface area contributed by atoms with Crippen molar-refractivity contribution in [3.8, 4) is 16.9 Å². The van der Waals surface area contributed by atoms with Crippen molar-refractivity contribution in [2.75, 3.05) is 0 Å². The van der Waals surface area contributed by atoms with Gasteiger partial charge in [-0.15, -0.1) is 0 Å². The molecular formula is C18H15ClO. The SMILES string of the molecule is Clc1cccc(-c2ccccc2)c1.Oc1ccccc1. The molecule has 3 rings (SSSR count). The van der Waals surface area contributed by atoms with E-state index in [0.29, 0.717) is 5.75 Å². The largest absolute Gasteiger partial charge is 0.508 e. The Hall–Kier alpha value is -2.25. The van der Waals surface area contributed by atoms with Crippen LogP contribution < -0.4 is 0 Å². The first-order chi connectivity index (χ1) is 9.75. The molecule has 0 aliphatic carbocycles. The normalized spacial score (nSPS) is 9.45. The summed E-state index contributed by atoms with van der Waals surface area (Å²) < 4.78 is 0. The van der Waals surface area contributed by atoms with Crippen molar-refractivity contribution in [3.05, 3.63) is 90.0 Å². The van der Waals surface area contributed by atoms with Gasteiger partial charge in [-0.25, -0.2) is 0 Å². The molecule has 20 heavy (non-hydrogen) atoms. The molecule has 0 atom stereocenters. The molecule has 0 aliphatic rings. The van der Waals surface area contributed by atoms with Crippen molar-refractivity contribution >= 4 is 11.6 Å². The highest BCUT2D eigenvalue weighted by atomic mass is 35.5. The minimum atomic E-state index is 0.322. The van der Waals surface area contributed by atoms with Crippen LogP contribution in [0.15, 0.2) is 84.9 Å². The van der Waals surface area contributed by atoms with Crippen molar-refractivity contribution in [1.82, 2.24) is 0 Å². The van der Waals surface area contributed by atoms with Gasteiger partial charge in [0, 0.05) is 5.02 Å². The molecule has 3 aromatic carbocycles. The molecule has 3 aromatic rings. The number of para-hydroxylation sites is 1. The second kappa shape index (κ2) is 7.37. The highest BCUT2D eigenvalue weighted by Crippen LogP contribution is 2.21. The Labute approximate surface area is 124 Å². The Kier molecular flexibility index (Phi) is 5.22. The minimum Gasteiger partial charge on any atom is -0.508 e. The third kappa shape index (κ3) is 4.45. The van der Waals surface area contributed by atoms with Crippen LogP contribution in [-0.4, -0.2) is 5.11 Å². The molecular weight excluding hydrogens is 268 g/mol. The molecule has 0 spiro atoms. The van der Waals surface area contributed by atoms with Crippen molar-refractivity contribution < 1.29 is 5.11 Å². The fourth-order valence-electron chi connectivity index (χ4n) is 1.73. The summed E-state index contributed by atoms with van der Waals surface area (Å²) in [6, 6.07) is 26.8. The fourth-order valence-corrected chi connectivity index (χ4v) is 1.92. The Bertz CT molecular complexity index is 636. The Morgan fingerprint density at radius 3 is 1.65 bits per heavy atom. The molecule has 100 valence electrons. The summed E-state index contributed by atoms with van der Waals surface area (Å²) in [5.41, 5.74) is 2.36. The monoisotopic (exact) mass is 282 g/mol. The summed E-state index contributed by atoms with van der Waals surface area (Å²) in [5, 5.41) is 9.41. The summed E-state index contributed by atoms with van der Waals surface area (Å²) >= 11 is 5.89. The van der Waals surface area contributed by atoms with E-state index in [2.05, 4.69) is 18.2 Å². The molecule has 0 saturated carbocycles. The summed E-state index contributed by atoms with van der Waals surface area (Å²) in [7, 11) is 0. The van der Waals surface area contributed by atoms with Crippen LogP contribution in [0.1, 0.15) is 0 Å². The molecule has 0 radical (unpaired) electrons. The zero-order chi connectivity index (χ0) is 14.2. The van der Waals surface area contributed by atoms with Crippen molar-refractivity contribution in [1.29, 1.82) is 0 Å². The van der Waals surface area contributed by atoms with Crippen LogP contribution >= 0.6 is 11.6 Å². The second-order valence-corrected chi connectivity index (χ2v) is 4.65.